The topological polar surface area (TPSA) is 80.1 Å². The lowest BCUT2D eigenvalue weighted by Crippen LogP contribution is -2.34. The van der Waals surface area contributed by atoms with Crippen molar-refractivity contribution in [2.75, 3.05) is 0 Å². The van der Waals surface area contributed by atoms with Gasteiger partial charge in [-0.25, -0.2) is 4.79 Å². The first-order valence-corrected chi connectivity index (χ1v) is 7.61. The van der Waals surface area contributed by atoms with Gasteiger partial charge in [0.05, 0.1) is 13.1 Å². The van der Waals surface area contributed by atoms with E-state index in [2.05, 4.69) is 20.8 Å². The van der Waals surface area contributed by atoms with E-state index >= 15 is 0 Å². The molecule has 6 nitrogen and oxygen atoms in total. The van der Waals surface area contributed by atoms with Crippen LogP contribution < -0.4 is 10.6 Å². The second-order valence-corrected chi connectivity index (χ2v) is 5.51. The molecule has 1 aromatic carbocycles. The second-order valence-electron chi connectivity index (χ2n) is 4.48. The van der Waals surface area contributed by atoms with Crippen LogP contribution in [0.5, 0.6) is 0 Å². The number of hydrogen-bond acceptors (Lipinski definition) is 5. The summed E-state index contributed by atoms with van der Waals surface area (Å²) in [6, 6.07) is 13.1. The summed E-state index contributed by atoms with van der Waals surface area (Å²) < 4.78 is 5.51. The largest absolute Gasteiger partial charge is 0.419 e. The zero-order valence-corrected chi connectivity index (χ0v) is 12.5. The summed E-state index contributed by atoms with van der Waals surface area (Å²) in [5.41, 5.74) is 0.850. The maximum atomic E-state index is 11.7. The number of benzene rings is 1. The molecule has 0 aliphatic carbocycles. The van der Waals surface area contributed by atoms with Gasteiger partial charge in [-0.1, -0.05) is 24.3 Å². The minimum absolute atomic E-state index is 0.191. The number of carbonyl (C=O) groups is 1. The summed E-state index contributed by atoms with van der Waals surface area (Å²) in [6.45, 7) is 0.693. The Morgan fingerprint density at radius 1 is 1.05 bits per heavy atom. The van der Waals surface area contributed by atoms with Gasteiger partial charge < -0.3 is 15.1 Å². The Morgan fingerprint density at radius 3 is 2.64 bits per heavy atom. The van der Waals surface area contributed by atoms with E-state index in [-0.39, 0.29) is 12.6 Å². The molecule has 7 heteroatoms. The van der Waals surface area contributed by atoms with Crippen LogP contribution in [0.2, 0.25) is 0 Å². The van der Waals surface area contributed by atoms with E-state index in [0.717, 1.165) is 10.4 Å². The number of rotatable bonds is 5. The smallest absolute Gasteiger partial charge is 0.315 e. The molecule has 0 saturated carbocycles. The average Bonchev–Trinajstić information content (AvgIpc) is 3.23. The van der Waals surface area contributed by atoms with Crippen molar-refractivity contribution in [2.45, 2.75) is 13.1 Å². The van der Waals surface area contributed by atoms with Crippen molar-refractivity contribution in [2.24, 2.45) is 0 Å². The Labute approximate surface area is 131 Å². The minimum Gasteiger partial charge on any atom is -0.419 e. The fraction of sp³-hybridized carbons (Fsp3) is 0.133. The molecule has 2 aromatic heterocycles. The zero-order chi connectivity index (χ0) is 15.2. The molecule has 2 N–H and O–H groups in total. The van der Waals surface area contributed by atoms with Crippen molar-refractivity contribution in [3.8, 4) is 11.5 Å². The van der Waals surface area contributed by atoms with Gasteiger partial charge in [0.15, 0.2) is 0 Å². The molecule has 2 amide bonds. The highest BCUT2D eigenvalue weighted by Crippen LogP contribution is 2.16. The van der Waals surface area contributed by atoms with Gasteiger partial charge in [-0.05, 0) is 23.6 Å². The number of thiophene rings is 1. The summed E-state index contributed by atoms with van der Waals surface area (Å²) >= 11 is 1.60. The van der Waals surface area contributed by atoms with Gasteiger partial charge in [0.1, 0.15) is 0 Å². The van der Waals surface area contributed by atoms with Crippen LogP contribution in [0, 0.1) is 0 Å². The number of amides is 2. The van der Waals surface area contributed by atoms with Gasteiger partial charge in [0.2, 0.25) is 11.8 Å². The fourth-order valence-corrected chi connectivity index (χ4v) is 2.47. The molecule has 0 spiro atoms. The molecule has 0 atom stereocenters. The van der Waals surface area contributed by atoms with Crippen LogP contribution in [-0.4, -0.2) is 16.2 Å². The van der Waals surface area contributed by atoms with E-state index in [0.29, 0.717) is 18.3 Å². The fourth-order valence-electron chi connectivity index (χ4n) is 1.82. The summed E-state index contributed by atoms with van der Waals surface area (Å²) in [4.78, 5) is 12.8. The number of carbonyl (C=O) groups excluding carboxylic acids is 1. The molecule has 2 heterocycles. The molecule has 0 aliphatic heterocycles. The number of aromatic nitrogens is 2. The predicted molar refractivity (Wildman–Crippen MR) is 83.1 cm³/mol. The Kier molecular flexibility index (Phi) is 4.45. The molecule has 0 fully saturated rings. The van der Waals surface area contributed by atoms with Crippen molar-refractivity contribution < 1.29 is 9.21 Å². The SMILES string of the molecule is O=C(NCc1nnc(-c2ccccc2)o1)NCc1cccs1. The first kappa shape index (κ1) is 14.3. The normalized spacial score (nSPS) is 10.4. The molecule has 3 aromatic rings. The highest BCUT2D eigenvalue weighted by atomic mass is 32.1. The van der Waals surface area contributed by atoms with Crippen LogP contribution in [0.4, 0.5) is 4.79 Å². The predicted octanol–water partition coefficient (Wildman–Crippen LogP) is 2.80. The van der Waals surface area contributed by atoms with Gasteiger partial charge in [-0.2, -0.15) is 0 Å². The Balaban J connectivity index is 1.49. The third-order valence-electron chi connectivity index (χ3n) is 2.89. The number of urea groups is 1. The summed E-state index contributed by atoms with van der Waals surface area (Å²) in [5.74, 6) is 0.807. The molecule has 0 radical (unpaired) electrons. The number of hydrogen-bond donors (Lipinski definition) is 2. The summed E-state index contributed by atoms with van der Waals surface area (Å²) in [7, 11) is 0. The maximum Gasteiger partial charge on any atom is 0.315 e. The second kappa shape index (κ2) is 6.86. The van der Waals surface area contributed by atoms with Gasteiger partial charge in [-0.3, -0.25) is 0 Å². The lowest BCUT2D eigenvalue weighted by atomic mass is 10.2. The zero-order valence-electron chi connectivity index (χ0n) is 11.7. The number of nitrogens with one attached hydrogen (secondary N) is 2. The molecular weight excluding hydrogens is 300 g/mol. The summed E-state index contributed by atoms with van der Waals surface area (Å²) in [6.07, 6.45) is 0. The lowest BCUT2D eigenvalue weighted by Gasteiger charge is -2.04. The van der Waals surface area contributed by atoms with Crippen LogP contribution in [-0.2, 0) is 13.1 Å². The van der Waals surface area contributed by atoms with Crippen molar-refractivity contribution in [3.63, 3.8) is 0 Å². The molecular formula is C15H14N4O2S. The highest BCUT2D eigenvalue weighted by Gasteiger charge is 2.09. The maximum absolute atomic E-state index is 11.7. The van der Waals surface area contributed by atoms with Crippen molar-refractivity contribution in [1.82, 2.24) is 20.8 Å². The van der Waals surface area contributed by atoms with Crippen LogP contribution in [0.1, 0.15) is 10.8 Å². The standard InChI is InChI=1S/C15H14N4O2S/c20-15(16-9-12-7-4-8-22-12)17-10-13-18-19-14(21-13)11-5-2-1-3-6-11/h1-8H,9-10H2,(H2,16,17,20). The first-order valence-electron chi connectivity index (χ1n) is 6.73. The van der Waals surface area contributed by atoms with Gasteiger partial charge in [0, 0.05) is 10.4 Å². The third-order valence-corrected chi connectivity index (χ3v) is 3.77. The van der Waals surface area contributed by atoms with Crippen LogP contribution in [0.3, 0.4) is 0 Å². The monoisotopic (exact) mass is 314 g/mol. The van der Waals surface area contributed by atoms with E-state index in [4.69, 9.17) is 4.42 Å². The third kappa shape index (κ3) is 3.70. The molecule has 0 bridgehead atoms. The Morgan fingerprint density at radius 2 is 1.86 bits per heavy atom. The van der Waals surface area contributed by atoms with Crippen LogP contribution >= 0.6 is 11.3 Å². The van der Waals surface area contributed by atoms with E-state index in [9.17, 15) is 4.79 Å². The molecule has 0 aliphatic rings. The summed E-state index contributed by atoms with van der Waals surface area (Å²) in [5, 5.41) is 15.3. The van der Waals surface area contributed by atoms with Gasteiger partial charge >= 0.3 is 6.03 Å². The number of nitrogens with zero attached hydrogens (tertiary/aromatic N) is 2. The molecule has 3 rings (SSSR count). The van der Waals surface area contributed by atoms with Crippen molar-refractivity contribution in [3.05, 3.63) is 58.6 Å². The molecule has 22 heavy (non-hydrogen) atoms. The Bertz CT molecular complexity index is 725. The molecule has 0 unspecified atom stereocenters. The average molecular weight is 314 g/mol. The lowest BCUT2D eigenvalue weighted by molar-refractivity contribution is 0.239. The quantitative estimate of drug-likeness (QED) is 0.759. The first-order chi connectivity index (χ1) is 10.8. The van der Waals surface area contributed by atoms with E-state index in [1.807, 2.05) is 47.8 Å². The minimum atomic E-state index is -0.270. The van der Waals surface area contributed by atoms with E-state index in [1.54, 1.807) is 11.3 Å². The Hall–Kier alpha value is -2.67. The van der Waals surface area contributed by atoms with Crippen LogP contribution in [0.15, 0.2) is 52.3 Å². The van der Waals surface area contributed by atoms with Gasteiger partial charge in [0.25, 0.3) is 0 Å². The van der Waals surface area contributed by atoms with Crippen LogP contribution in [0.25, 0.3) is 11.5 Å². The highest BCUT2D eigenvalue weighted by molar-refractivity contribution is 7.09. The van der Waals surface area contributed by atoms with E-state index in [1.165, 1.54) is 0 Å². The van der Waals surface area contributed by atoms with E-state index < -0.39 is 0 Å². The molecule has 112 valence electrons. The van der Waals surface area contributed by atoms with Gasteiger partial charge in [-0.15, -0.1) is 21.5 Å². The van der Waals surface area contributed by atoms with Crippen molar-refractivity contribution >= 4 is 17.4 Å². The van der Waals surface area contributed by atoms with Crippen molar-refractivity contribution in [1.29, 1.82) is 0 Å². The molecule has 0 saturated heterocycles.